The Morgan fingerprint density at radius 3 is 2.12 bits per heavy atom. The van der Waals surface area contributed by atoms with E-state index in [1.54, 1.807) is 0 Å². The summed E-state index contributed by atoms with van der Waals surface area (Å²) in [5.41, 5.74) is -1.10. The summed E-state index contributed by atoms with van der Waals surface area (Å²) >= 11 is 0. The van der Waals surface area contributed by atoms with E-state index in [0.717, 1.165) is 0 Å². The van der Waals surface area contributed by atoms with Crippen LogP contribution < -0.4 is 0 Å². The molecule has 0 aromatic heterocycles. The predicted molar refractivity (Wildman–Crippen MR) is 42.7 cm³/mol. The summed E-state index contributed by atoms with van der Waals surface area (Å²) in [6.45, 7) is -1.94. The molecule has 0 bridgehead atoms. The molecule has 0 radical (unpaired) electrons. The Hall–Kier alpha value is -1.73. The number of carbonyl (C=O) groups is 1. The highest BCUT2D eigenvalue weighted by atomic mass is 19.4. The first-order chi connectivity index (χ1) is 7.70. The van der Waals surface area contributed by atoms with Crippen molar-refractivity contribution in [3.8, 4) is 0 Å². The molecule has 0 aliphatic carbocycles. The lowest BCUT2D eigenvalue weighted by Crippen LogP contribution is -2.21. The van der Waals surface area contributed by atoms with E-state index in [0.29, 0.717) is 0 Å². The Labute approximate surface area is 90.8 Å². The first-order valence-corrected chi connectivity index (χ1v) is 4.09. The van der Waals surface area contributed by atoms with Crippen LogP contribution in [-0.2, 0) is 4.74 Å². The minimum absolute atomic E-state index is 0.0412. The number of ether oxygens (including phenoxy) is 1. The average molecular weight is 258 g/mol. The molecule has 0 atom stereocenters. The van der Waals surface area contributed by atoms with E-state index in [2.05, 4.69) is 4.74 Å². The van der Waals surface area contributed by atoms with Gasteiger partial charge >= 0.3 is 12.1 Å². The lowest BCUT2D eigenvalue weighted by molar-refractivity contribution is -0.161. The summed E-state index contributed by atoms with van der Waals surface area (Å²) in [5.74, 6) is -6.35. The Balaban J connectivity index is 2.86. The zero-order valence-corrected chi connectivity index (χ0v) is 7.95. The van der Waals surface area contributed by atoms with E-state index in [-0.39, 0.29) is 12.1 Å². The number of benzene rings is 1. The van der Waals surface area contributed by atoms with Gasteiger partial charge in [-0.25, -0.2) is 18.0 Å². The van der Waals surface area contributed by atoms with Gasteiger partial charge in [0.25, 0.3) is 0 Å². The van der Waals surface area contributed by atoms with Crippen molar-refractivity contribution in [3.05, 3.63) is 35.1 Å². The Kier molecular flexibility index (Phi) is 3.64. The van der Waals surface area contributed by atoms with E-state index in [1.165, 1.54) is 0 Å². The minimum Gasteiger partial charge on any atom is -0.452 e. The molecule has 1 aromatic carbocycles. The fourth-order valence-corrected chi connectivity index (χ4v) is 0.904. The van der Waals surface area contributed by atoms with Crippen molar-refractivity contribution < 1.29 is 35.9 Å². The summed E-state index contributed by atoms with van der Waals surface area (Å²) in [6, 6.07) is 0.170. The fourth-order valence-electron chi connectivity index (χ4n) is 0.904. The van der Waals surface area contributed by atoms with Crippen LogP contribution in [0.2, 0.25) is 0 Å². The molecule has 0 N–H and O–H groups in total. The van der Waals surface area contributed by atoms with Crippen molar-refractivity contribution in [2.45, 2.75) is 6.18 Å². The van der Waals surface area contributed by atoms with Gasteiger partial charge in [0.1, 0.15) is 5.82 Å². The molecule has 0 saturated carbocycles. The Bertz CT molecular complexity index is 440. The second kappa shape index (κ2) is 4.64. The summed E-state index contributed by atoms with van der Waals surface area (Å²) in [4.78, 5) is 10.9. The second-order valence-electron chi connectivity index (χ2n) is 2.94. The second-order valence-corrected chi connectivity index (χ2v) is 2.94. The van der Waals surface area contributed by atoms with E-state index in [9.17, 15) is 31.1 Å². The molecule has 0 unspecified atom stereocenters. The standard InChI is InChI=1S/C9H4F6O2/c10-5-2-7(12)6(11)1-4(5)8(16)17-3-9(13,14)15/h1-2H,3H2. The molecule has 0 aliphatic rings. The van der Waals surface area contributed by atoms with Crippen molar-refractivity contribution >= 4 is 5.97 Å². The number of halogens is 6. The maximum Gasteiger partial charge on any atom is 0.422 e. The zero-order chi connectivity index (χ0) is 13.2. The molecule has 1 aromatic rings. The van der Waals surface area contributed by atoms with Gasteiger partial charge in [-0.2, -0.15) is 13.2 Å². The van der Waals surface area contributed by atoms with Crippen LogP contribution in [0.15, 0.2) is 12.1 Å². The maximum absolute atomic E-state index is 12.9. The summed E-state index contributed by atoms with van der Waals surface area (Å²) < 4.78 is 76.7. The van der Waals surface area contributed by atoms with Gasteiger partial charge < -0.3 is 4.74 Å². The van der Waals surface area contributed by atoms with Crippen LogP contribution >= 0.6 is 0 Å². The van der Waals surface area contributed by atoms with Gasteiger partial charge in [-0.3, -0.25) is 0 Å². The zero-order valence-electron chi connectivity index (χ0n) is 7.95. The molecule has 1 rings (SSSR count). The van der Waals surface area contributed by atoms with Crippen LogP contribution in [0.1, 0.15) is 10.4 Å². The highest BCUT2D eigenvalue weighted by molar-refractivity contribution is 5.89. The normalized spacial score (nSPS) is 11.4. The average Bonchev–Trinajstić information content (AvgIpc) is 2.19. The minimum atomic E-state index is -4.79. The number of esters is 1. The first kappa shape index (κ1) is 13.3. The largest absolute Gasteiger partial charge is 0.452 e. The van der Waals surface area contributed by atoms with Gasteiger partial charge in [0.05, 0.1) is 5.56 Å². The van der Waals surface area contributed by atoms with Crippen LogP contribution in [-0.4, -0.2) is 18.8 Å². The first-order valence-electron chi connectivity index (χ1n) is 4.09. The number of carbonyl (C=O) groups excluding carboxylic acids is 1. The quantitative estimate of drug-likeness (QED) is 0.463. The molecule has 8 heteroatoms. The third kappa shape index (κ3) is 3.65. The molecule has 0 spiro atoms. The highest BCUT2D eigenvalue weighted by Gasteiger charge is 2.30. The van der Waals surface area contributed by atoms with Crippen molar-refractivity contribution in [3.63, 3.8) is 0 Å². The van der Waals surface area contributed by atoms with E-state index in [1.807, 2.05) is 0 Å². The lowest BCUT2D eigenvalue weighted by Gasteiger charge is -2.08. The molecule has 2 nitrogen and oxygen atoms in total. The van der Waals surface area contributed by atoms with Gasteiger partial charge in [-0.1, -0.05) is 0 Å². The number of alkyl halides is 3. The van der Waals surface area contributed by atoms with Crippen molar-refractivity contribution in [1.82, 2.24) is 0 Å². The molecule has 0 amide bonds. The van der Waals surface area contributed by atoms with Crippen LogP contribution in [0, 0.1) is 17.5 Å². The monoisotopic (exact) mass is 258 g/mol. The van der Waals surface area contributed by atoms with E-state index in [4.69, 9.17) is 0 Å². The summed E-state index contributed by atoms with van der Waals surface area (Å²) in [5, 5.41) is 0. The van der Waals surface area contributed by atoms with Gasteiger partial charge in [0.15, 0.2) is 18.2 Å². The van der Waals surface area contributed by atoms with Gasteiger partial charge in [-0.05, 0) is 6.07 Å². The molecule has 17 heavy (non-hydrogen) atoms. The summed E-state index contributed by atoms with van der Waals surface area (Å²) in [6.07, 6.45) is -4.79. The molecule has 0 saturated heterocycles. The Morgan fingerprint density at radius 2 is 1.59 bits per heavy atom. The third-order valence-corrected chi connectivity index (χ3v) is 1.60. The topological polar surface area (TPSA) is 26.3 Å². The molecule has 0 fully saturated rings. The van der Waals surface area contributed by atoms with E-state index < -0.39 is 41.8 Å². The SMILES string of the molecule is O=C(OCC(F)(F)F)c1cc(F)c(F)cc1F. The number of rotatable bonds is 2. The van der Waals surface area contributed by atoms with Crippen LogP contribution in [0.5, 0.6) is 0 Å². The predicted octanol–water partition coefficient (Wildman–Crippen LogP) is 2.82. The molecule has 94 valence electrons. The highest BCUT2D eigenvalue weighted by Crippen LogP contribution is 2.18. The number of hydrogen-bond donors (Lipinski definition) is 0. The Morgan fingerprint density at radius 1 is 1.06 bits per heavy atom. The third-order valence-electron chi connectivity index (χ3n) is 1.60. The van der Waals surface area contributed by atoms with Crippen LogP contribution in [0.4, 0.5) is 26.3 Å². The number of hydrogen-bond acceptors (Lipinski definition) is 2. The maximum atomic E-state index is 12.9. The molecule has 0 heterocycles. The van der Waals surface area contributed by atoms with Gasteiger partial charge in [0.2, 0.25) is 0 Å². The van der Waals surface area contributed by atoms with Gasteiger partial charge in [-0.15, -0.1) is 0 Å². The van der Waals surface area contributed by atoms with Crippen molar-refractivity contribution in [2.24, 2.45) is 0 Å². The molecular weight excluding hydrogens is 254 g/mol. The van der Waals surface area contributed by atoms with Crippen molar-refractivity contribution in [2.75, 3.05) is 6.61 Å². The van der Waals surface area contributed by atoms with Crippen LogP contribution in [0.3, 0.4) is 0 Å². The molecule has 0 aliphatic heterocycles. The van der Waals surface area contributed by atoms with Crippen molar-refractivity contribution in [1.29, 1.82) is 0 Å². The summed E-state index contributed by atoms with van der Waals surface area (Å²) in [7, 11) is 0. The fraction of sp³-hybridized carbons (Fsp3) is 0.222. The van der Waals surface area contributed by atoms with Gasteiger partial charge in [0, 0.05) is 6.07 Å². The lowest BCUT2D eigenvalue weighted by atomic mass is 10.2. The van der Waals surface area contributed by atoms with E-state index >= 15 is 0 Å². The smallest absolute Gasteiger partial charge is 0.422 e. The molecular formula is C9H4F6O2. The van der Waals surface area contributed by atoms with Crippen LogP contribution in [0.25, 0.3) is 0 Å².